The average Bonchev–Trinajstić information content (AvgIpc) is 3.27. The fraction of sp³-hybridized carbons (Fsp3) is 0.556. The van der Waals surface area contributed by atoms with E-state index in [2.05, 4.69) is 33.0 Å². The van der Waals surface area contributed by atoms with Gasteiger partial charge in [-0.1, -0.05) is 31.9 Å². The highest BCUT2D eigenvalue weighted by atomic mass is 16.5. The van der Waals surface area contributed by atoms with Crippen LogP contribution in [0, 0.1) is 17.8 Å². The maximum Gasteiger partial charge on any atom is 0.163 e. The van der Waals surface area contributed by atoms with E-state index in [9.17, 15) is 4.79 Å². The number of benzene rings is 1. The van der Waals surface area contributed by atoms with Gasteiger partial charge in [-0.05, 0) is 56.2 Å². The lowest BCUT2D eigenvalue weighted by atomic mass is 9.76. The lowest BCUT2D eigenvalue weighted by Gasteiger charge is -2.35. The van der Waals surface area contributed by atoms with Crippen molar-refractivity contribution in [3.63, 3.8) is 0 Å². The Hall–Kier alpha value is -2.96. The summed E-state index contributed by atoms with van der Waals surface area (Å²) >= 11 is 0. The van der Waals surface area contributed by atoms with Crippen molar-refractivity contribution in [1.29, 1.82) is 0 Å². The van der Waals surface area contributed by atoms with Gasteiger partial charge in [-0.2, -0.15) is 5.10 Å². The highest BCUT2D eigenvalue weighted by Crippen LogP contribution is 2.34. The quantitative estimate of drug-likeness (QED) is 0.499. The SMILES string of the molecule is CCOc1cccc(Cn2ncc3c(N4CCC(C(=O)[C@H]5CC[C@H](C)CC5)CC4)ncnc32)c1. The molecule has 0 unspecified atom stereocenters. The number of aromatic nitrogens is 4. The third-order valence-electron chi connectivity index (χ3n) is 7.57. The van der Waals surface area contributed by atoms with Gasteiger partial charge in [0.1, 0.15) is 23.7 Å². The van der Waals surface area contributed by atoms with E-state index < -0.39 is 0 Å². The molecule has 3 heterocycles. The van der Waals surface area contributed by atoms with E-state index >= 15 is 0 Å². The molecule has 2 fully saturated rings. The van der Waals surface area contributed by atoms with Crippen LogP contribution in [0.5, 0.6) is 5.75 Å². The lowest BCUT2D eigenvalue weighted by Crippen LogP contribution is -2.39. The standard InChI is InChI=1S/C27H35N5O2/c1-3-34-23-6-4-5-20(15-23)17-32-27-24(16-30-32)26(28-18-29-27)31-13-11-22(12-14-31)25(33)21-9-7-19(2)8-10-21/h4-6,15-16,18-19,21-22H,3,7-14,17H2,1-2H3/t19-,21-. The van der Waals surface area contributed by atoms with Gasteiger partial charge in [-0.25, -0.2) is 14.6 Å². The van der Waals surface area contributed by atoms with Crippen molar-refractivity contribution < 1.29 is 9.53 Å². The molecule has 0 N–H and O–H groups in total. The van der Waals surface area contributed by atoms with Crippen LogP contribution in [0.3, 0.4) is 0 Å². The minimum atomic E-state index is 0.201. The number of carbonyl (C=O) groups excluding carboxylic acids is 1. The van der Waals surface area contributed by atoms with Crippen molar-refractivity contribution in [3.8, 4) is 5.75 Å². The number of fused-ring (bicyclic) bond motifs is 1. The zero-order valence-electron chi connectivity index (χ0n) is 20.3. The smallest absolute Gasteiger partial charge is 0.163 e. The Morgan fingerprint density at radius 3 is 2.59 bits per heavy atom. The van der Waals surface area contributed by atoms with Gasteiger partial charge in [-0.3, -0.25) is 4.79 Å². The summed E-state index contributed by atoms with van der Waals surface area (Å²) in [6.45, 7) is 7.27. The fourth-order valence-electron chi connectivity index (χ4n) is 5.58. The molecule has 1 aliphatic heterocycles. The Labute approximate surface area is 201 Å². The molecule has 0 radical (unpaired) electrons. The number of Topliss-reactive ketones (excluding diaryl/α,β-unsaturated/α-hetero) is 1. The van der Waals surface area contributed by atoms with Gasteiger partial charge in [0.25, 0.3) is 0 Å². The molecule has 180 valence electrons. The van der Waals surface area contributed by atoms with Crippen LogP contribution in [0.15, 0.2) is 36.8 Å². The highest BCUT2D eigenvalue weighted by molar-refractivity contribution is 5.87. The van der Waals surface area contributed by atoms with E-state index in [1.807, 2.05) is 36.0 Å². The molecule has 7 nitrogen and oxygen atoms in total. The number of hydrogen-bond acceptors (Lipinski definition) is 6. The summed E-state index contributed by atoms with van der Waals surface area (Å²) < 4.78 is 7.56. The van der Waals surface area contributed by atoms with Gasteiger partial charge in [0.15, 0.2) is 5.65 Å². The van der Waals surface area contributed by atoms with E-state index in [1.165, 1.54) is 12.8 Å². The minimum Gasteiger partial charge on any atom is -0.494 e. The maximum atomic E-state index is 13.1. The topological polar surface area (TPSA) is 73.1 Å². The number of carbonyl (C=O) groups is 1. The van der Waals surface area contributed by atoms with Crippen LogP contribution in [0.1, 0.15) is 57.9 Å². The molecular formula is C27H35N5O2. The normalized spacial score (nSPS) is 21.6. The molecule has 7 heteroatoms. The van der Waals surface area contributed by atoms with Gasteiger partial charge in [0.05, 0.1) is 24.7 Å². The Morgan fingerprint density at radius 2 is 1.82 bits per heavy atom. The second kappa shape index (κ2) is 10.1. The first kappa shape index (κ1) is 22.8. The van der Waals surface area contributed by atoms with E-state index in [4.69, 9.17) is 4.74 Å². The summed E-state index contributed by atoms with van der Waals surface area (Å²) in [6.07, 6.45) is 9.90. The van der Waals surface area contributed by atoms with Crippen molar-refractivity contribution >= 4 is 22.6 Å². The minimum absolute atomic E-state index is 0.201. The molecule has 2 aliphatic rings. The highest BCUT2D eigenvalue weighted by Gasteiger charge is 2.32. The van der Waals surface area contributed by atoms with Gasteiger partial charge in [0.2, 0.25) is 0 Å². The summed E-state index contributed by atoms with van der Waals surface area (Å²) in [5.74, 6) is 3.58. The van der Waals surface area contributed by atoms with Crippen molar-refractivity contribution in [2.24, 2.45) is 17.8 Å². The molecule has 1 aliphatic carbocycles. The molecule has 0 amide bonds. The summed E-state index contributed by atoms with van der Waals surface area (Å²) in [4.78, 5) is 24.5. The third-order valence-corrected chi connectivity index (χ3v) is 7.57. The third kappa shape index (κ3) is 4.79. The van der Waals surface area contributed by atoms with Gasteiger partial charge in [0, 0.05) is 24.9 Å². The number of rotatable bonds is 7. The van der Waals surface area contributed by atoms with E-state index in [0.29, 0.717) is 18.9 Å². The number of anilines is 1. The zero-order chi connectivity index (χ0) is 23.5. The Bertz CT molecular complexity index is 1130. The molecule has 1 aromatic carbocycles. The Balaban J connectivity index is 1.27. The molecular weight excluding hydrogens is 426 g/mol. The first-order chi connectivity index (χ1) is 16.6. The van der Waals surface area contributed by atoms with E-state index in [1.54, 1.807) is 6.33 Å². The molecule has 0 bridgehead atoms. The molecule has 1 saturated heterocycles. The number of ketones is 1. The fourth-order valence-corrected chi connectivity index (χ4v) is 5.58. The van der Waals surface area contributed by atoms with Crippen LogP contribution in [0.4, 0.5) is 5.82 Å². The Morgan fingerprint density at radius 1 is 1.06 bits per heavy atom. The number of ether oxygens (including phenoxy) is 1. The van der Waals surface area contributed by atoms with Crippen LogP contribution in [-0.4, -0.2) is 45.2 Å². The average molecular weight is 462 g/mol. The summed E-state index contributed by atoms with van der Waals surface area (Å²) in [7, 11) is 0. The van der Waals surface area contributed by atoms with Crippen LogP contribution in [0.2, 0.25) is 0 Å². The second-order valence-corrected chi connectivity index (χ2v) is 9.94. The van der Waals surface area contributed by atoms with Crippen molar-refractivity contribution in [2.75, 3.05) is 24.6 Å². The molecule has 3 aromatic rings. The van der Waals surface area contributed by atoms with Crippen molar-refractivity contribution in [3.05, 3.63) is 42.4 Å². The first-order valence-electron chi connectivity index (χ1n) is 12.8. The predicted molar refractivity (Wildman–Crippen MR) is 133 cm³/mol. The maximum absolute atomic E-state index is 13.1. The summed E-state index contributed by atoms with van der Waals surface area (Å²) in [6, 6.07) is 8.10. The molecule has 0 atom stereocenters. The Kier molecular flexibility index (Phi) is 6.79. The molecule has 2 aromatic heterocycles. The van der Waals surface area contributed by atoms with Crippen LogP contribution >= 0.6 is 0 Å². The number of nitrogens with zero attached hydrogens (tertiary/aromatic N) is 5. The first-order valence-corrected chi connectivity index (χ1v) is 12.8. The second-order valence-electron chi connectivity index (χ2n) is 9.94. The predicted octanol–water partition coefficient (Wildman–Crippen LogP) is 4.89. The van der Waals surface area contributed by atoms with Crippen LogP contribution < -0.4 is 9.64 Å². The van der Waals surface area contributed by atoms with Crippen LogP contribution in [0.25, 0.3) is 11.0 Å². The van der Waals surface area contributed by atoms with E-state index in [-0.39, 0.29) is 11.8 Å². The lowest BCUT2D eigenvalue weighted by molar-refractivity contribution is -0.128. The molecule has 1 saturated carbocycles. The largest absolute Gasteiger partial charge is 0.494 e. The van der Waals surface area contributed by atoms with Gasteiger partial charge < -0.3 is 9.64 Å². The van der Waals surface area contributed by atoms with Gasteiger partial charge in [-0.15, -0.1) is 0 Å². The van der Waals surface area contributed by atoms with E-state index in [0.717, 1.165) is 72.9 Å². The van der Waals surface area contributed by atoms with Crippen molar-refractivity contribution in [2.45, 2.75) is 58.9 Å². The molecule has 34 heavy (non-hydrogen) atoms. The summed E-state index contributed by atoms with van der Waals surface area (Å²) in [5, 5.41) is 5.59. The monoisotopic (exact) mass is 461 g/mol. The molecule has 0 spiro atoms. The van der Waals surface area contributed by atoms with Gasteiger partial charge >= 0.3 is 0 Å². The number of piperidine rings is 1. The zero-order valence-corrected chi connectivity index (χ0v) is 20.3. The number of hydrogen-bond donors (Lipinski definition) is 0. The van der Waals surface area contributed by atoms with Crippen LogP contribution in [-0.2, 0) is 11.3 Å². The molecule has 5 rings (SSSR count). The summed E-state index contributed by atoms with van der Waals surface area (Å²) in [5.41, 5.74) is 1.95. The van der Waals surface area contributed by atoms with Crippen molar-refractivity contribution in [1.82, 2.24) is 19.7 Å².